The van der Waals surface area contributed by atoms with E-state index in [9.17, 15) is 5.26 Å². The second-order valence-electron chi connectivity index (χ2n) is 9.05. The van der Waals surface area contributed by atoms with Crippen molar-refractivity contribution < 1.29 is 0 Å². The molecule has 0 saturated heterocycles. The van der Waals surface area contributed by atoms with Crippen LogP contribution in [-0.4, -0.2) is 0 Å². The molecule has 2 aliphatic rings. The van der Waals surface area contributed by atoms with Crippen molar-refractivity contribution >= 4 is 0 Å². The average molecular weight is 332 g/mol. The third kappa shape index (κ3) is 6.09. The lowest BCUT2D eigenvalue weighted by atomic mass is 9.67. The summed E-state index contributed by atoms with van der Waals surface area (Å²) in [5, 5.41) is 9.62. The van der Waals surface area contributed by atoms with Gasteiger partial charge in [0.2, 0.25) is 0 Å². The number of hydrogen-bond acceptors (Lipinski definition) is 1. The van der Waals surface area contributed by atoms with Gasteiger partial charge in [0.15, 0.2) is 0 Å². The molecule has 0 unspecified atom stereocenters. The van der Waals surface area contributed by atoms with Crippen LogP contribution in [0, 0.1) is 34.5 Å². The minimum Gasteiger partial charge on any atom is -0.198 e. The normalized spacial score (nSPS) is 34.0. The van der Waals surface area contributed by atoms with E-state index < -0.39 is 0 Å². The Morgan fingerprint density at radius 1 is 0.750 bits per heavy atom. The van der Waals surface area contributed by atoms with Crippen molar-refractivity contribution in [2.75, 3.05) is 0 Å². The van der Waals surface area contributed by atoms with Gasteiger partial charge >= 0.3 is 0 Å². The lowest BCUT2D eigenvalue weighted by Crippen LogP contribution is -2.26. The van der Waals surface area contributed by atoms with Gasteiger partial charge in [-0.25, -0.2) is 0 Å². The molecule has 0 aliphatic heterocycles. The first kappa shape index (κ1) is 19.8. The first-order valence-corrected chi connectivity index (χ1v) is 11.1. The molecular weight excluding hydrogens is 290 g/mol. The first-order chi connectivity index (χ1) is 11.7. The molecule has 1 heteroatoms. The summed E-state index contributed by atoms with van der Waals surface area (Å²) in [6.45, 7) is 4.56. The second kappa shape index (κ2) is 10.5. The predicted octanol–water partition coefficient (Wildman–Crippen LogP) is 7.65. The van der Waals surface area contributed by atoms with Crippen LogP contribution in [0.3, 0.4) is 0 Å². The highest BCUT2D eigenvalue weighted by Gasteiger charge is 2.35. The zero-order valence-electron chi connectivity index (χ0n) is 16.5. The van der Waals surface area contributed by atoms with E-state index >= 15 is 0 Å². The van der Waals surface area contributed by atoms with Crippen molar-refractivity contribution in [2.45, 2.75) is 117 Å². The summed E-state index contributed by atoms with van der Waals surface area (Å²) in [7, 11) is 0. The zero-order valence-corrected chi connectivity index (χ0v) is 16.5. The highest BCUT2D eigenvalue weighted by atomic mass is 14.4. The molecule has 2 rings (SSSR count). The summed E-state index contributed by atoms with van der Waals surface area (Å²) >= 11 is 0. The van der Waals surface area contributed by atoms with Crippen molar-refractivity contribution in [3.8, 4) is 6.07 Å². The molecule has 0 bridgehead atoms. The molecule has 0 N–H and O–H groups in total. The third-order valence-electron chi connectivity index (χ3n) is 7.22. The van der Waals surface area contributed by atoms with E-state index in [1.165, 1.54) is 96.3 Å². The van der Waals surface area contributed by atoms with E-state index in [1.54, 1.807) is 0 Å². The van der Waals surface area contributed by atoms with E-state index in [4.69, 9.17) is 0 Å². The summed E-state index contributed by atoms with van der Waals surface area (Å²) < 4.78 is 0. The number of nitrogens with zero attached hydrogens (tertiary/aromatic N) is 1. The smallest absolute Gasteiger partial charge is 0.0689 e. The van der Waals surface area contributed by atoms with Gasteiger partial charge < -0.3 is 0 Å². The Hall–Kier alpha value is -0.510. The molecule has 0 aromatic heterocycles. The Morgan fingerprint density at radius 2 is 1.25 bits per heavy atom. The van der Waals surface area contributed by atoms with Crippen LogP contribution >= 0.6 is 0 Å². The highest BCUT2D eigenvalue weighted by molar-refractivity contribution is 5.01. The van der Waals surface area contributed by atoms with Gasteiger partial charge in [-0.3, -0.25) is 0 Å². The minimum absolute atomic E-state index is 0.0455. The zero-order chi connectivity index (χ0) is 17.3. The van der Waals surface area contributed by atoms with Crippen molar-refractivity contribution in [2.24, 2.45) is 23.2 Å². The van der Waals surface area contributed by atoms with Crippen LogP contribution < -0.4 is 0 Å². The van der Waals surface area contributed by atoms with Gasteiger partial charge in [0, 0.05) is 0 Å². The van der Waals surface area contributed by atoms with Crippen LogP contribution in [0.2, 0.25) is 0 Å². The Labute approximate surface area is 151 Å². The molecule has 24 heavy (non-hydrogen) atoms. The first-order valence-electron chi connectivity index (χ1n) is 11.1. The minimum atomic E-state index is 0.0455. The largest absolute Gasteiger partial charge is 0.198 e. The molecule has 0 radical (unpaired) electrons. The molecule has 0 heterocycles. The summed E-state index contributed by atoms with van der Waals surface area (Å²) in [6.07, 6.45) is 21.8. The van der Waals surface area contributed by atoms with Gasteiger partial charge in [-0.1, -0.05) is 84.5 Å². The van der Waals surface area contributed by atoms with Gasteiger partial charge in [-0.15, -0.1) is 0 Å². The molecule has 1 nitrogen and oxygen atoms in total. The number of hydrogen-bond donors (Lipinski definition) is 0. The van der Waals surface area contributed by atoms with Gasteiger partial charge in [0.05, 0.1) is 11.5 Å². The average Bonchev–Trinajstić information content (AvgIpc) is 2.65. The SMILES string of the molecule is CCCCC1CCC(CCC2CCC(C#N)(CCCC)CC2)CC1. The molecule has 0 atom stereocenters. The maximum Gasteiger partial charge on any atom is 0.0689 e. The monoisotopic (exact) mass is 331 g/mol. The van der Waals surface area contributed by atoms with E-state index in [2.05, 4.69) is 19.9 Å². The van der Waals surface area contributed by atoms with Crippen LogP contribution in [0.15, 0.2) is 0 Å². The number of rotatable bonds is 9. The van der Waals surface area contributed by atoms with Crippen molar-refractivity contribution in [1.82, 2.24) is 0 Å². The van der Waals surface area contributed by atoms with Gasteiger partial charge in [-0.2, -0.15) is 5.26 Å². The summed E-state index contributed by atoms with van der Waals surface area (Å²) in [6, 6.07) is 2.70. The fourth-order valence-corrected chi connectivity index (χ4v) is 5.22. The van der Waals surface area contributed by atoms with Crippen molar-refractivity contribution in [1.29, 1.82) is 5.26 Å². The lowest BCUT2D eigenvalue weighted by Gasteiger charge is -2.36. The topological polar surface area (TPSA) is 23.8 Å². The summed E-state index contributed by atoms with van der Waals surface area (Å²) in [5.41, 5.74) is 0.0455. The molecule has 0 amide bonds. The van der Waals surface area contributed by atoms with Crippen molar-refractivity contribution in [3.63, 3.8) is 0 Å². The number of unbranched alkanes of at least 4 members (excludes halogenated alkanes) is 2. The van der Waals surface area contributed by atoms with Gasteiger partial charge in [0.1, 0.15) is 0 Å². The van der Waals surface area contributed by atoms with Crippen LogP contribution in [0.1, 0.15) is 117 Å². The predicted molar refractivity (Wildman–Crippen MR) is 104 cm³/mol. The molecule has 2 saturated carbocycles. The fourth-order valence-electron chi connectivity index (χ4n) is 5.22. The Kier molecular flexibility index (Phi) is 8.65. The summed E-state index contributed by atoms with van der Waals surface area (Å²) in [5.74, 6) is 2.99. The molecule has 0 aromatic rings. The van der Waals surface area contributed by atoms with Crippen LogP contribution in [0.25, 0.3) is 0 Å². The van der Waals surface area contributed by atoms with Gasteiger partial charge in [-0.05, 0) is 49.9 Å². The Bertz CT molecular complexity index is 364. The molecular formula is C23H41N. The Morgan fingerprint density at radius 3 is 1.75 bits per heavy atom. The van der Waals surface area contributed by atoms with Crippen LogP contribution in [-0.2, 0) is 0 Å². The van der Waals surface area contributed by atoms with Gasteiger partial charge in [0.25, 0.3) is 0 Å². The molecule has 0 spiro atoms. The van der Waals surface area contributed by atoms with E-state index in [-0.39, 0.29) is 5.41 Å². The molecule has 2 fully saturated rings. The number of nitriles is 1. The second-order valence-corrected chi connectivity index (χ2v) is 9.05. The van der Waals surface area contributed by atoms with E-state index in [0.29, 0.717) is 0 Å². The standard InChI is InChI=1S/C23H41N/c1-3-5-7-20-8-10-21(11-9-20)12-13-22-14-17-23(19-24,18-15-22)16-6-4-2/h20-22H,3-18H2,1-2H3. The highest BCUT2D eigenvalue weighted by Crippen LogP contribution is 2.44. The fraction of sp³-hybridized carbons (Fsp3) is 0.957. The Balaban J connectivity index is 1.62. The van der Waals surface area contributed by atoms with E-state index in [1.807, 2.05) is 0 Å². The summed E-state index contributed by atoms with van der Waals surface area (Å²) in [4.78, 5) is 0. The quantitative estimate of drug-likeness (QED) is 0.425. The maximum absolute atomic E-state index is 9.62. The molecule has 0 aromatic carbocycles. The lowest BCUT2D eigenvalue weighted by molar-refractivity contribution is 0.171. The van der Waals surface area contributed by atoms with Crippen molar-refractivity contribution in [3.05, 3.63) is 0 Å². The van der Waals surface area contributed by atoms with Crippen LogP contribution in [0.4, 0.5) is 0 Å². The van der Waals surface area contributed by atoms with E-state index in [0.717, 1.165) is 24.2 Å². The maximum atomic E-state index is 9.62. The van der Waals surface area contributed by atoms with Crippen LogP contribution in [0.5, 0.6) is 0 Å². The molecule has 138 valence electrons. The molecule has 2 aliphatic carbocycles. The third-order valence-corrected chi connectivity index (χ3v) is 7.22.